The Morgan fingerprint density at radius 3 is 2.55 bits per heavy atom. The second kappa shape index (κ2) is 9.49. The fraction of sp³-hybridized carbons (Fsp3) is 0.556. The zero-order chi connectivity index (χ0) is 21.0. The summed E-state index contributed by atoms with van der Waals surface area (Å²) in [5, 5.41) is 19.1. The van der Waals surface area contributed by atoms with Crippen molar-refractivity contribution in [2.24, 2.45) is 0 Å². The average molecular weight is 432 g/mol. The molecule has 3 unspecified atom stereocenters. The van der Waals surface area contributed by atoms with Gasteiger partial charge in [0.25, 0.3) is 0 Å². The number of alkyl halides is 2. The quantitative estimate of drug-likeness (QED) is 0.706. The summed E-state index contributed by atoms with van der Waals surface area (Å²) in [4.78, 5) is 26.8. The van der Waals surface area contributed by atoms with E-state index in [1.807, 2.05) is 0 Å². The third-order valence-electron chi connectivity index (χ3n) is 4.88. The molecule has 29 heavy (non-hydrogen) atoms. The van der Waals surface area contributed by atoms with Crippen LogP contribution in [-0.4, -0.2) is 82.3 Å². The van der Waals surface area contributed by atoms with E-state index < -0.39 is 25.1 Å². The van der Waals surface area contributed by atoms with Crippen LogP contribution in [0.15, 0.2) is 24.3 Å². The first-order valence-corrected chi connectivity index (χ1v) is 10.2. The van der Waals surface area contributed by atoms with Crippen molar-refractivity contribution in [3.63, 3.8) is 0 Å². The molecule has 11 heteroatoms. The van der Waals surface area contributed by atoms with Crippen LogP contribution in [0.4, 0.5) is 18.4 Å². The Kier molecular flexibility index (Phi) is 7.01. The molecule has 0 saturated carbocycles. The summed E-state index contributed by atoms with van der Waals surface area (Å²) in [6.45, 7) is -2.14. The largest absolute Gasteiger partial charge is 0.506 e. The molecule has 2 amide bonds. The molecule has 2 N–H and O–H groups in total. The van der Waals surface area contributed by atoms with E-state index in [9.17, 15) is 23.5 Å². The van der Waals surface area contributed by atoms with Gasteiger partial charge in [-0.2, -0.15) is 20.5 Å². The fourth-order valence-electron chi connectivity index (χ4n) is 3.60. The lowest BCUT2D eigenvalue weighted by Crippen LogP contribution is -2.56. The molecule has 0 spiro atoms. The van der Waals surface area contributed by atoms with Gasteiger partial charge < -0.3 is 24.6 Å². The van der Waals surface area contributed by atoms with E-state index in [1.165, 1.54) is 21.9 Å². The molecule has 0 radical (unpaired) electrons. The zero-order valence-electron chi connectivity index (χ0n) is 15.4. The molecule has 0 bridgehead atoms. The van der Waals surface area contributed by atoms with Crippen LogP contribution in [0.3, 0.4) is 0 Å². The minimum atomic E-state index is -2.92. The smallest absolute Gasteiger partial charge is 0.450 e. The number of aliphatic hydroxyl groups is 1. The SMILES string of the molecule is O=C(O)OC1CC(c2ccc(OC(F)F)cc2)CN(C(=O)N2CCSCC2O)C1. The van der Waals surface area contributed by atoms with Gasteiger partial charge in [0.1, 0.15) is 18.1 Å². The van der Waals surface area contributed by atoms with E-state index in [2.05, 4.69) is 4.74 Å². The monoisotopic (exact) mass is 432 g/mol. The second-order valence-corrected chi connectivity index (χ2v) is 7.97. The minimum Gasteiger partial charge on any atom is -0.450 e. The number of piperidine rings is 1. The zero-order valence-corrected chi connectivity index (χ0v) is 16.3. The molecule has 2 heterocycles. The fourth-order valence-corrected chi connectivity index (χ4v) is 4.48. The average Bonchev–Trinajstić information content (AvgIpc) is 2.67. The third kappa shape index (κ3) is 5.63. The predicted octanol–water partition coefficient (Wildman–Crippen LogP) is 2.63. The summed E-state index contributed by atoms with van der Waals surface area (Å²) in [5.74, 6) is 0.887. The molecular formula is C18H22F2N2O6S. The number of carboxylic acid groups (broad SMARTS) is 1. The van der Waals surface area contributed by atoms with Crippen molar-refractivity contribution in [2.75, 3.05) is 31.1 Å². The molecule has 3 atom stereocenters. The number of hydrogen-bond acceptors (Lipinski definition) is 6. The molecule has 3 rings (SSSR count). The number of benzene rings is 1. The van der Waals surface area contributed by atoms with Gasteiger partial charge in [0, 0.05) is 30.5 Å². The Hall–Kier alpha value is -2.27. The van der Waals surface area contributed by atoms with Crippen molar-refractivity contribution in [3.8, 4) is 5.75 Å². The van der Waals surface area contributed by atoms with Gasteiger partial charge in [-0.3, -0.25) is 4.90 Å². The number of carbonyl (C=O) groups excluding carboxylic acids is 1. The molecule has 1 aromatic carbocycles. The summed E-state index contributed by atoms with van der Waals surface area (Å²) in [6, 6.07) is 5.65. The molecule has 2 fully saturated rings. The standard InChI is InChI=1S/C18H22F2N2O6S/c19-16(20)27-13-3-1-11(2-4-13)12-7-14(28-18(25)26)9-21(8-12)17(24)22-5-6-29-10-15(22)23/h1-4,12,14-16,23H,5-10H2,(H,25,26). The topological polar surface area (TPSA) is 99.5 Å². The van der Waals surface area contributed by atoms with Crippen molar-refractivity contribution in [2.45, 2.75) is 31.3 Å². The highest BCUT2D eigenvalue weighted by molar-refractivity contribution is 7.99. The third-order valence-corrected chi connectivity index (χ3v) is 5.88. The predicted molar refractivity (Wildman–Crippen MR) is 100 cm³/mol. The number of hydrogen-bond donors (Lipinski definition) is 2. The highest BCUT2D eigenvalue weighted by atomic mass is 32.2. The number of nitrogens with zero attached hydrogens (tertiary/aromatic N) is 2. The lowest BCUT2D eigenvalue weighted by Gasteiger charge is -2.41. The van der Waals surface area contributed by atoms with E-state index in [0.717, 1.165) is 5.56 Å². The van der Waals surface area contributed by atoms with Crippen molar-refractivity contribution in [3.05, 3.63) is 29.8 Å². The molecule has 2 aliphatic heterocycles. The molecule has 2 saturated heterocycles. The number of likely N-dealkylation sites (tertiary alicyclic amines) is 1. The summed E-state index contributed by atoms with van der Waals surface area (Å²) < 4.78 is 33.9. The summed E-state index contributed by atoms with van der Waals surface area (Å²) in [5.41, 5.74) is 0.748. The van der Waals surface area contributed by atoms with Crippen LogP contribution in [0.25, 0.3) is 0 Å². The maximum atomic E-state index is 12.9. The number of aliphatic hydroxyl groups excluding tert-OH is 1. The number of thioether (sulfide) groups is 1. The van der Waals surface area contributed by atoms with Crippen LogP contribution >= 0.6 is 11.8 Å². The molecule has 8 nitrogen and oxygen atoms in total. The number of urea groups is 1. The molecule has 0 aromatic heterocycles. The summed E-state index contributed by atoms with van der Waals surface area (Å²) in [6.07, 6.45) is -2.71. The van der Waals surface area contributed by atoms with Crippen molar-refractivity contribution in [1.29, 1.82) is 0 Å². The highest BCUT2D eigenvalue weighted by Gasteiger charge is 2.37. The van der Waals surface area contributed by atoms with Crippen molar-refractivity contribution >= 4 is 23.9 Å². The Morgan fingerprint density at radius 2 is 1.93 bits per heavy atom. The van der Waals surface area contributed by atoms with Crippen LogP contribution < -0.4 is 4.74 Å². The van der Waals surface area contributed by atoms with Gasteiger partial charge in [-0.15, -0.1) is 0 Å². The van der Waals surface area contributed by atoms with E-state index in [-0.39, 0.29) is 24.2 Å². The molecule has 2 aliphatic rings. The van der Waals surface area contributed by atoms with Crippen LogP contribution in [0, 0.1) is 0 Å². The van der Waals surface area contributed by atoms with E-state index >= 15 is 0 Å². The minimum absolute atomic E-state index is 0.0137. The van der Waals surface area contributed by atoms with Crippen LogP contribution in [0.5, 0.6) is 5.75 Å². The Labute approximate surface area is 170 Å². The van der Waals surface area contributed by atoms with Gasteiger partial charge in [0.2, 0.25) is 0 Å². The van der Waals surface area contributed by atoms with E-state index in [1.54, 1.807) is 23.9 Å². The Balaban J connectivity index is 1.75. The van der Waals surface area contributed by atoms with Gasteiger partial charge in [-0.05, 0) is 24.1 Å². The number of halogens is 2. The number of rotatable bonds is 4. The first kappa shape index (κ1) is 21.4. The number of carbonyl (C=O) groups is 2. The van der Waals surface area contributed by atoms with E-state index in [0.29, 0.717) is 31.0 Å². The number of amides is 2. The normalized spacial score (nSPS) is 25.0. The van der Waals surface area contributed by atoms with Gasteiger partial charge in [0.05, 0.1) is 6.54 Å². The van der Waals surface area contributed by atoms with Gasteiger partial charge in [-0.1, -0.05) is 12.1 Å². The maximum absolute atomic E-state index is 12.9. The van der Waals surface area contributed by atoms with Gasteiger partial charge in [-0.25, -0.2) is 9.59 Å². The maximum Gasteiger partial charge on any atom is 0.506 e. The van der Waals surface area contributed by atoms with E-state index in [4.69, 9.17) is 9.84 Å². The molecule has 1 aromatic rings. The Bertz CT molecular complexity index is 723. The van der Waals surface area contributed by atoms with Crippen molar-refractivity contribution in [1.82, 2.24) is 9.80 Å². The van der Waals surface area contributed by atoms with Crippen LogP contribution in [-0.2, 0) is 4.74 Å². The summed E-state index contributed by atoms with van der Waals surface area (Å²) >= 11 is 1.55. The lowest BCUT2D eigenvalue weighted by molar-refractivity contribution is -0.0498. The molecular weight excluding hydrogens is 410 g/mol. The van der Waals surface area contributed by atoms with Crippen LogP contribution in [0.2, 0.25) is 0 Å². The van der Waals surface area contributed by atoms with Crippen LogP contribution in [0.1, 0.15) is 17.9 Å². The molecule has 0 aliphatic carbocycles. The van der Waals surface area contributed by atoms with Gasteiger partial charge in [0.15, 0.2) is 0 Å². The molecule has 160 valence electrons. The van der Waals surface area contributed by atoms with Gasteiger partial charge >= 0.3 is 18.8 Å². The lowest BCUT2D eigenvalue weighted by atomic mass is 9.89. The van der Waals surface area contributed by atoms with Crippen molar-refractivity contribution < 1.29 is 38.1 Å². The first-order chi connectivity index (χ1) is 13.8. The summed E-state index contributed by atoms with van der Waals surface area (Å²) in [7, 11) is 0. The highest BCUT2D eigenvalue weighted by Crippen LogP contribution is 2.31. The first-order valence-electron chi connectivity index (χ1n) is 9.09. The Morgan fingerprint density at radius 1 is 1.21 bits per heavy atom. The second-order valence-electron chi connectivity index (χ2n) is 6.82. The number of ether oxygens (including phenoxy) is 2.